The first-order valence-electron chi connectivity index (χ1n) is 6.30. The van der Waals surface area contributed by atoms with E-state index in [1.165, 1.54) is 5.56 Å². The van der Waals surface area contributed by atoms with Gasteiger partial charge in [0, 0.05) is 14.7 Å². The van der Waals surface area contributed by atoms with Crippen molar-refractivity contribution >= 4 is 45.8 Å². The second-order valence-corrected chi connectivity index (χ2v) is 6.49. The van der Waals surface area contributed by atoms with Crippen LogP contribution in [0.5, 0.6) is 11.5 Å². The van der Waals surface area contributed by atoms with E-state index in [-0.39, 0.29) is 5.38 Å². The van der Waals surface area contributed by atoms with Crippen LogP contribution in [0.4, 0.5) is 0 Å². The Hall–Kier alpha value is -0.650. The van der Waals surface area contributed by atoms with Gasteiger partial charge in [-0.1, -0.05) is 29.8 Å². The molecule has 2 nitrogen and oxygen atoms in total. The van der Waals surface area contributed by atoms with E-state index in [0.717, 1.165) is 14.7 Å². The lowest BCUT2D eigenvalue weighted by Gasteiger charge is -2.17. The molecule has 0 bridgehead atoms. The summed E-state index contributed by atoms with van der Waals surface area (Å²) >= 11 is 15.3. The topological polar surface area (TPSA) is 18.5 Å². The predicted molar refractivity (Wildman–Crippen MR) is 96.1 cm³/mol. The lowest BCUT2D eigenvalue weighted by molar-refractivity contribution is 0.354. The molecule has 0 heterocycles. The average molecular weight is 437 g/mol. The Morgan fingerprint density at radius 3 is 2.29 bits per heavy atom. The molecule has 0 N–H and O–H groups in total. The van der Waals surface area contributed by atoms with Gasteiger partial charge in [0.1, 0.15) is 0 Å². The number of hydrogen-bond donors (Lipinski definition) is 0. The number of halogens is 3. The predicted octanol–water partition coefficient (Wildman–Crippen LogP) is 5.60. The highest BCUT2D eigenvalue weighted by atomic mass is 127. The highest BCUT2D eigenvalue weighted by molar-refractivity contribution is 14.1. The van der Waals surface area contributed by atoms with Crippen molar-refractivity contribution in [1.82, 2.24) is 0 Å². The van der Waals surface area contributed by atoms with Crippen LogP contribution < -0.4 is 9.47 Å². The maximum Gasteiger partial charge on any atom is 0.162 e. The van der Waals surface area contributed by atoms with E-state index in [0.29, 0.717) is 16.5 Å². The van der Waals surface area contributed by atoms with Gasteiger partial charge in [0.15, 0.2) is 11.5 Å². The van der Waals surface area contributed by atoms with E-state index < -0.39 is 0 Å². The fourth-order valence-corrected chi connectivity index (χ4v) is 3.63. The minimum absolute atomic E-state index is 0.343. The van der Waals surface area contributed by atoms with Gasteiger partial charge < -0.3 is 9.47 Å². The quantitative estimate of drug-likeness (QED) is 0.458. The third-order valence-electron chi connectivity index (χ3n) is 3.27. The summed E-state index contributed by atoms with van der Waals surface area (Å²) in [7, 11) is 3.17. The largest absolute Gasteiger partial charge is 0.493 e. The maximum atomic E-state index is 6.65. The lowest BCUT2D eigenvalue weighted by Crippen LogP contribution is -2.00. The molecule has 2 aromatic carbocycles. The third kappa shape index (κ3) is 3.41. The van der Waals surface area contributed by atoms with E-state index in [4.69, 9.17) is 32.7 Å². The van der Waals surface area contributed by atoms with Gasteiger partial charge in [-0.05, 0) is 52.3 Å². The summed E-state index contributed by atoms with van der Waals surface area (Å²) in [6, 6.07) is 9.63. The fourth-order valence-electron chi connectivity index (χ4n) is 2.10. The SMILES string of the molecule is COc1cc(Cl)c(C(Cl)c2cccc(C)c2I)cc1OC. The number of methoxy groups -OCH3 is 2. The third-order valence-corrected chi connectivity index (χ3v) is 5.54. The molecule has 1 unspecified atom stereocenters. The van der Waals surface area contributed by atoms with Crippen molar-refractivity contribution in [2.24, 2.45) is 0 Å². The smallest absolute Gasteiger partial charge is 0.162 e. The molecule has 1 atom stereocenters. The molecule has 0 aliphatic rings. The Bertz CT molecular complexity index is 659. The summed E-state index contributed by atoms with van der Waals surface area (Å²) in [6.07, 6.45) is 0. The van der Waals surface area contributed by atoms with Gasteiger partial charge >= 0.3 is 0 Å². The van der Waals surface area contributed by atoms with Crippen LogP contribution in [-0.2, 0) is 0 Å². The van der Waals surface area contributed by atoms with Crippen molar-refractivity contribution in [2.45, 2.75) is 12.3 Å². The van der Waals surface area contributed by atoms with Crippen LogP contribution >= 0.6 is 45.8 Å². The van der Waals surface area contributed by atoms with Crippen LogP contribution in [0.3, 0.4) is 0 Å². The highest BCUT2D eigenvalue weighted by Crippen LogP contribution is 2.41. The van der Waals surface area contributed by atoms with Crippen LogP contribution in [0.25, 0.3) is 0 Å². The van der Waals surface area contributed by atoms with Gasteiger partial charge in [-0.15, -0.1) is 11.6 Å². The minimum Gasteiger partial charge on any atom is -0.493 e. The zero-order valence-electron chi connectivity index (χ0n) is 11.9. The summed E-state index contributed by atoms with van der Waals surface area (Å²) < 4.78 is 11.7. The molecule has 0 radical (unpaired) electrons. The van der Waals surface area contributed by atoms with E-state index in [1.807, 2.05) is 18.2 Å². The number of benzene rings is 2. The van der Waals surface area contributed by atoms with Crippen LogP contribution in [-0.4, -0.2) is 14.2 Å². The molecular weight excluding hydrogens is 422 g/mol. The molecule has 0 amide bonds. The van der Waals surface area contributed by atoms with Gasteiger partial charge in [0.25, 0.3) is 0 Å². The van der Waals surface area contributed by atoms with Crippen LogP contribution in [0, 0.1) is 10.5 Å². The first-order valence-corrected chi connectivity index (χ1v) is 8.19. The first kappa shape index (κ1) is 16.7. The molecule has 0 spiro atoms. The summed E-state index contributed by atoms with van der Waals surface area (Å²) in [5.74, 6) is 1.21. The van der Waals surface area contributed by atoms with Crippen molar-refractivity contribution in [1.29, 1.82) is 0 Å². The number of ether oxygens (including phenoxy) is 2. The Balaban J connectivity index is 2.53. The summed E-state index contributed by atoms with van der Waals surface area (Å²) in [6.45, 7) is 2.06. The number of alkyl halides is 1. The van der Waals surface area contributed by atoms with Gasteiger partial charge in [0.05, 0.1) is 19.6 Å². The number of aryl methyl sites for hydroxylation is 1. The fraction of sp³-hybridized carbons (Fsp3) is 0.250. The standard InChI is InChI=1S/C16H15Cl2IO2/c1-9-5-4-6-10(16(9)19)15(18)11-7-13(20-2)14(21-3)8-12(11)17/h4-8,15H,1-3H3. The van der Waals surface area contributed by atoms with Crippen molar-refractivity contribution in [3.63, 3.8) is 0 Å². The maximum absolute atomic E-state index is 6.65. The van der Waals surface area contributed by atoms with Crippen LogP contribution in [0.1, 0.15) is 22.1 Å². The molecule has 5 heteroatoms. The average Bonchev–Trinajstić information content (AvgIpc) is 2.49. The summed E-state index contributed by atoms with van der Waals surface area (Å²) in [5.41, 5.74) is 3.03. The Morgan fingerprint density at radius 1 is 1.05 bits per heavy atom. The Labute approximate surface area is 148 Å². The second kappa shape index (κ2) is 7.07. The molecule has 112 valence electrons. The highest BCUT2D eigenvalue weighted by Gasteiger charge is 2.20. The van der Waals surface area contributed by atoms with Gasteiger partial charge in [-0.2, -0.15) is 0 Å². The molecule has 0 fully saturated rings. The number of hydrogen-bond acceptors (Lipinski definition) is 2. The van der Waals surface area contributed by atoms with Gasteiger partial charge in [0.2, 0.25) is 0 Å². The molecule has 0 aliphatic heterocycles. The van der Waals surface area contributed by atoms with Crippen LogP contribution in [0.2, 0.25) is 5.02 Å². The van der Waals surface area contributed by atoms with Crippen LogP contribution in [0.15, 0.2) is 30.3 Å². The van der Waals surface area contributed by atoms with Crippen molar-refractivity contribution in [3.05, 3.63) is 55.6 Å². The van der Waals surface area contributed by atoms with E-state index >= 15 is 0 Å². The molecule has 21 heavy (non-hydrogen) atoms. The molecular formula is C16H15Cl2IO2. The molecule has 0 aromatic heterocycles. The number of rotatable bonds is 4. The monoisotopic (exact) mass is 436 g/mol. The van der Waals surface area contributed by atoms with E-state index in [2.05, 4.69) is 35.6 Å². The molecule has 0 saturated heterocycles. The van der Waals surface area contributed by atoms with Crippen molar-refractivity contribution < 1.29 is 9.47 Å². The summed E-state index contributed by atoms with van der Waals surface area (Å²) in [5, 5.41) is 0.217. The van der Waals surface area contributed by atoms with E-state index in [1.54, 1.807) is 20.3 Å². The molecule has 0 aliphatic carbocycles. The van der Waals surface area contributed by atoms with Gasteiger partial charge in [-0.3, -0.25) is 0 Å². The second-order valence-electron chi connectivity index (χ2n) is 4.57. The van der Waals surface area contributed by atoms with Crippen molar-refractivity contribution in [3.8, 4) is 11.5 Å². The molecule has 2 aromatic rings. The Kier molecular flexibility index (Phi) is 5.63. The van der Waals surface area contributed by atoms with Crippen molar-refractivity contribution in [2.75, 3.05) is 14.2 Å². The van der Waals surface area contributed by atoms with E-state index in [9.17, 15) is 0 Å². The van der Waals surface area contributed by atoms with Gasteiger partial charge in [-0.25, -0.2) is 0 Å². The minimum atomic E-state index is -0.343. The lowest BCUT2D eigenvalue weighted by atomic mass is 10.0. The zero-order valence-corrected chi connectivity index (χ0v) is 15.6. The molecule has 2 rings (SSSR count). The Morgan fingerprint density at radius 2 is 1.67 bits per heavy atom. The first-order chi connectivity index (χ1) is 9.99. The zero-order chi connectivity index (χ0) is 15.6. The molecule has 0 saturated carbocycles. The normalized spacial score (nSPS) is 12.1. The summed E-state index contributed by atoms with van der Waals surface area (Å²) in [4.78, 5) is 0.